The maximum absolute atomic E-state index is 9.87. The third-order valence-electron chi connectivity index (χ3n) is 8.13. The van der Waals surface area contributed by atoms with Crippen molar-refractivity contribution < 1.29 is 50.5 Å². The molecule has 0 aliphatic carbocycles. The van der Waals surface area contributed by atoms with Gasteiger partial charge in [0.05, 0.1) is 52.4 Å². The molecular formula is C33H62CrN2O5+2. The van der Waals surface area contributed by atoms with E-state index in [1.165, 1.54) is 61.3 Å². The minimum absolute atomic E-state index is 0. The zero-order valence-corrected chi connectivity index (χ0v) is 30.0. The second kappa shape index (κ2) is 27.3. The van der Waals surface area contributed by atoms with Gasteiger partial charge in [0.15, 0.2) is 11.5 Å². The normalized spacial score (nSPS) is 10.4. The van der Waals surface area contributed by atoms with Gasteiger partial charge in [0.1, 0.15) is 0 Å². The molecule has 0 spiro atoms. The van der Waals surface area contributed by atoms with Crippen molar-refractivity contribution in [2.75, 3.05) is 52.4 Å². The van der Waals surface area contributed by atoms with Gasteiger partial charge in [0.2, 0.25) is 0 Å². The van der Waals surface area contributed by atoms with Crippen molar-refractivity contribution in [3.63, 3.8) is 0 Å². The Hall–Kier alpha value is -1.51. The Kier molecular flexibility index (Phi) is 34.8. The molecule has 0 atom stereocenters. The molecule has 7 nitrogen and oxygen atoms in total. The molecule has 0 heterocycles. The molecule has 0 aliphatic rings. The zero-order chi connectivity index (χ0) is 33.4. The Balaban J connectivity index is -0.000000106. The Bertz CT molecular complexity index is 745. The molecule has 1 rings (SSSR count). The van der Waals surface area contributed by atoms with E-state index in [4.69, 9.17) is 14.0 Å². The zero-order valence-electron chi connectivity index (χ0n) is 28.7. The van der Waals surface area contributed by atoms with Gasteiger partial charge in [-0.25, -0.2) is 0 Å². The molecule has 0 amide bonds. The number of hydrogen-bond acceptors (Lipinski definition) is 2. The van der Waals surface area contributed by atoms with Crippen molar-refractivity contribution in [3.05, 3.63) is 43.2 Å². The first-order valence-corrected chi connectivity index (χ1v) is 14.4. The molecule has 0 saturated heterocycles. The van der Waals surface area contributed by atoms with Crippen LogP contribution < -0.4 is 0 Å². The Morgan fingerprint density at radius 1 is 0.537 bits per heavy atom. The fourth-order valence-electron chi connectivity index (χ4n) is 4.31. The fraction of sp³-hybridized carbons (Fsp3) is 0.727. The Morgan fingerprint density at radius 2 is 0.780 bits per heavy atom. The van der Waals surface area contributed by atoms with E-state index in [-0.39, 0.29) is 39.7 Å². The van der Waals surface area contributed by atoms with Crippen molar-refractivity contribution in [1.82, 2.24) is 0 Å². The third kappa shape index (κ3) is 20.1. The van der Waals surface area contributed by atoms with Crippen LogP contribution in [0.4, 0.5) is 0 Å². The average Bonchev–Trinajstić information content (AvgIpc) is 2.96. The van der Waals surface area contributed by atoms with E-state index in [1.807, 2.05) is 26.8 Å². The monoisotopic (exact) mass is 618 g/mol. The number of phenolic OH excluding ortho intramolecular Hbond substituents is 2. The van der Waals surface area contributed by atoms with Gasteiger partial charge in [-0.1, -0.05) is 47.6 Å². The summed E-state index contributed by atoms with van der Waals surface area (Å²) in [5.74, 6) is -0.0298. The molecule has 0 fully saturated rings. The molecule has 0 aromatic heterocycles. The number of rotatable bonds is 8. The molecule has 0 bridgehead atoms. The van der Waals surface area contributed by atoms with Crippen molar-refractivity contribution in [3.8, 4) is 11.5 Å². The van der Waals surface area contributed by atoms with Crippen LogP contribution in [-0.4, -0.2) is 71.5 Å². The van der Waals surface area contributed by atoms with Crippen LogP contribution in [0.25, 0.3) is 0 Å². The number of aromatic hydroxyl groups is 2. The molecule has 0 saturated carbocycles. The smallest absolute Gasteiger partial charge is 0 e. The minimum Gasteiger partial charge on any atom is 0 e. The molecule has 0 radical (unpaired) electrons. The van der Waals surface area contributed by atoms with Crippen LogP contribution in [0.1, 0.15) is 108 Å². The van der Waals surface area contributed by atoms with Crippen molar-refractivity contribution in [2.45, 2.75) is 108 Å². The first-order chi connectivity index (χ1) is 18.5. The van der Waals surface area contributed by atoms with Crippen LogP contribution in [-0.2, 0) is 42.1 Å². The van der Waals surface area contributed by atoms with Gasteiger partial charge in [-0.05, 0) is 77.8 Å². The van der Waals surface area contributed by atoms with Crippen molar-refractivity contribution in [1.29, 1.82) is 0 Å². The van der Waals surface area contributed by atoms with Crippen LogP contribution in [0.5, 0.6) is 11.5 Å². The van der Waals surface area contributed by atoms with E-state index >= 15 is 0 Å². The van der Waals surface area contributed by atoms with Gasteiger partial charge in [-0.15, -0.1) is 0 Å². The first-order valence-electron chi connectivity index (χ1n) is 14.4. The SMILES string of the molecule is CC(C)(C)c1cc(O)c(O)c(C(C)(C)C)c1.CC[N+](CC)(CC)CC.CC[N+](CC)(CC)CC.[C-]#[O+].[C-]#[O+].[C-]#[O+].[Cr]. The summed E-state index contributed by atoms with van der Waals surface area (Å²) < 4.78 is 25.1. The second-order valence-corrected chi connectivity index (χ2v) is 11.6. The Morgan fingerprint density at radius 3 is 0.927 bits per heavy atom. The minimum atomic E-state index is -0.178. The van der Waals surface area contributed by atoms with Gasteiger partial charge in [-0.3, -0.25) is 0 Å². The molecular weight excluding hydrogens is 556 g/mol. The summed E-state index contributed by atoms with van der Waals surface area (Å²) in [6.45, 7) is 54.3. The summed E-state index contributed by atoms with van der Waals surface area (Å²) in [5.41, 5.74) is 1.61. The summed E-state index contributed by atoms with van der Waals surface area (Å²) in [6.07, 6.45) is 0. The summed E-state index contributed by atoms with van der Waals surface area (Å²) in [7, 11) is 0. The van der Waals surface area contributed by atoms with Gasteiger partial charge in [-0.2, -0.15) is 0 Å². The predicted molar refractivity (Wildman–Crippen MR) is 164 cm³/mol. The van der Waals surface area contributed by atoms with Gasteiger partial charge in [0.25, 0.3) is 0 Å². The van der Waals surface area contributed by atoms with Crippen LogP contribution >= 0.6 is 0 Å². The number of quaternary nitrogens is 2. The van der Waals surface area contributed by atoms with Gasteiger partial charge in [0, 0.05) is 22.9 Å². The van der Waals surface area contributed by atoms with Crippen LogP contribution in [0.2, 0.25) is 0 Å². The van der Waals surface area contributed by atoms with Crippen LogP contribution in [0.3, 0.4) is 0 Å². The van der Waals surface area contributed by atoms with Gasteiger partial charge >= 0.3 is 33.9 Å². The number of benzene rings is 1. The molecule has 1 aromatic carbocycles. The molecule has 2 N–H and O–H groups in total. The number of phenols is 2. The van der Waals surface area contributed by atoms with E-state index in [1.54, 1.807) is 6.07 Å². The van der Waals surface area contributed by atoms with Crippen LogP contribution in [0.15, 0.2) is 12.1 Å². The molecule has 1 aromatic rings. The standard InChI is InChI=1S/C14H22O2.2C8H20N.3CO.Cr/c1-13(2,3)9-7-10(14(4,5)6)12(16)11(15)8-9;2*1-5-9(6-2,7-3)8-4;3*1-2;/h7-8,15-16H,1-6H3;2*5-8H2,1-4H3;;;;/q;2*+1;;;;. The van der Waals surface area contributed by atoms with E-state index in [2.05, 4.69) is 96.1 Å². The van der Waals surface area contributed by atoms with Crippen LogP contribution in [0, 0.1) is 20.0 Å². The van der Waals surface area contributed by atoms with E-state index in [0.717, 1.165) is 11.1 Å². The molecule has 41 heavy (non-hydrogen) atoms. The summed E-state index contributed by atoms with van der Waals surface area (Å²) in [6, 6.07) is 3.62. The summed E-state index contributed by atoms with van der Waals surface area (Å²) in [4.78, 5) is 0. The molecule has 8 heteroatoms. The van der Waals surface area contributed by atoms with E-state index < -0.39 is 0 Å². The summed E-state index contributed by atoms with van der Waals surface area (Å²) >= 11 is 0. The number of hydrogen-bond donors (Lipinski definition) is 2. The fourth-order valence-corrected chi connectivity index (χ4v) is 4.31. The maximum atomic E-state index is 9.87. The topological polar surface area (TPSA) is 100 Å². The maximum Gasteiger partial charge on any atom is 0 e. The second-order valence-electron chi connectivity index (χ2n) is 11.6. The molecule has 0 unspecified atom stereocenters. The van der Waals surface area contributed by atoms with Crippen molar-refractivity contribution in [2.24, 2.45) is 0 Å². The number of nitrogens with zero attached hydrogens (tertiary/aromatic N) is 2. The third-order valence-corrected chi connectivity index (χ3v) is 8.13. The van der Waals surface area contributed by atoms with Crippen molar-refractivity contribution >= 4 is 0 Å². The quantitative estimate of drug-likeness (QED) is 0.138. The first kappa shape index (κ1) is 52.2. The largest absolute Gasteiger partial charge is 0 e. The van der Waals surface area contributed by atoms with E-state index in [0.29, 0.717) is 0 Å². The predicted octanol–water partition coefficient (Wildman–Crippen LogP) is 7.34. The molecule has 238 valence electrons. The van der Waals surface area contributed by atoms with Gasteiger partial charge < -0.3 is 19.2 Å². The molecule has 0 aliphatic heterocycles. The van der Waals surface area contributed by atoms with E-state index in [9.17, 15) is 10.2 Å². The Labute approximate surface area is 264 Å². The summed E-state index contributed by atoms with van der Waals surface area (Å²) in [5, 5.41) is 19.6. The average molecular weight is 619 g/mol.